The summed E-state index contributed by atoms with van der Waals surface area (Å²) in [5, 5.41) is 14.4. The first-order valence-electron chi connectivity index (χ1n) is 15.3. The van der Waals surface area contributed by atoms with Crippen LogP contribution in [0.3, 0.4) is 0 Å². The number of aromatic nitrogens is 2. The maximum absolute atomic E-state index is 16.8. The summed E-state index contributed by atoms with van der Waals surface area (Å²) in [6.07, 6.45) is 4.21. The summed E-state index contributed by atoms with van der Waals surface area (Å²) in [5.74, 6) is -0.494. The number of carbonyl (C=O) groups is 1. The molecule has 2 aromatic carbocycles. The maximum atomic E-state index is 16.8. The topological polar surface area (TPSA) is 74.0 Å². The number of carbonyl (C=O) groups excluding carboxylic acids is 1. The molecule has 2 aromatic heterocycles. The Balaban J connectivity index is 1.53. The molecule has 1 saturated carbocycles. The number of nitrogens with one attached hydrogen (secondary N) is 1. The van der Waals surface area contributed by atoms with Crippen LogP contribution < -0.4 is 5.32 Å². The van der Waals surface area contributed by atoms with Gasteiger partial charge in [-0.15, -0.1) is 0 Å². The Morgan fingerprint density at radius 1 is 1.19 bits per heavy atom. The molecule has 3 atom stereocenters. The fourth-order valence-corrected chi connectivity index (χ4v) is 7.56. The van der Waals surface area contributed by atoms with Crippen molar-refractivity contribution in [1.29, 1.82) is 5.26 Å². The predicted octanol–water partition coefficient (Wildman–Crippen LogP) is 7.41. The molecular weight excluding hydrogens is 568 g/mol. The smallest absolute Gasteiger partial charge is 0.226 e. The van der Waals surface area contributed by atoms with Crippen LogP contribution in [-0.4, -0.2) is 40.0 Å². The van der Waals surface area contributed by atoms with Crippen molar-refractivity contribution in [3.8, 4) is 17.2 Å². The first-order chi connectivity index (χ1) is 20.8. The number of halogens is 3. The second kappa shape index (κ2) is 10.9. The van der Waals surface area contributed by atoms with Gasteiger partial charge in [-0.2, -0.15) is 5.26 Å². The third kappa shape index (κ3) is 4.60. The molecule has 9 heteroatoms. The molecule has 43 heavy (non-hydrogen) atoms. The van der Waals surface area contributed by atoms with E-state index in [4.69, 9.17) is 16.6 Å². The number of likely N-dealkylation sites (tertiary alicyclic amines) is 1. The summed E-state index contributed by atoms with van der Waals surface area (Å²) in [4.78, 5) is 20.2. The molecule has 0 spiro atoms. The summed E-state index contributed by atoms with van der Waals surface area (Å²) in [6.45, 7) is 6.51. The van der Waals surface area contributed by atoms with E-state index in [-0.39, 0.29) is 58.4 Å². The Morgan fingerprint density at radius 2 is 2.00 bits per heavy atom. The fraction of sp³-hybridized carbons (Fsp3) is 0.441. The van der Waals surface area contributed by atoms with E-state index in [0.717, 1.165) is 61.9 Å². The highest BCUT2D eigenvalue weighted by Crippen LogP contribution is 2.46. The average molecular weight is 602 g/mol. The predicted molar refractivity (Wildman–Crippen MR) is 164 cm³/mol. The molecule has 3 fully saturated rings. The number of rotatable bonds is 6. The van der Waals surface area contributed by atoms with Gasteiger partial charge in [-0.25, -0.2) is 13.8 Å². The number of aryl methyl sites for hydroxylation is 2. The van der Waals surface area contributed by atoms with Crippen molar-refractivity contribution in [2.45, 2.75) is 64.5 Å². The molecule has 3 aliphatic rings. The molecular formula is C34H34ClF2N5O. The van der Waals surface area contributed by atoms with Gasteiger partial charge in [0.15, 0.2) is 5.82 Å². The average Bonchev–Trinajstić information content (AvgIpc) is 3.37. The molecule has 0 bridgehead atoms. The number of fused-ring (bicyclic) bond motifs is 3. The Labute approximate surface area is 254 Å². The van der Waals surface area contributed by atoms with Crippen LogP contribution in [0.5, 0.6) is 0 Å². The summed E-state index contributed by atoms with van der Waals surface area (Å²) in [7, 11) is 0. The van der Waals surface area contributed by atoms with E-state index in [1.54, 1.807) is 6.07 Å². The van der Waals surface area contributed by atoms with Crippen LogP contribution in [0.15, 0.2) is 30.3 Å². The number of hydrogen-bond acceptors (Lipinski definition) is 4. The lowest BCUT2D eigenvalue weighted by atomic mass is 9.93. The Morgan fingerprint density at radius 3 is 2.72 bits per heavy atom. The molecule has 4 aromatic rings. The number of pyridine rings is 1. The van der Waals surface area contributed by atoms with Crippen molar-refractivity contribution in [2.24, 2.45) is 11.8 Å². The van der Waals surface area contributed by atoms with Crippen LogP contribution in [0.4, 0.5) is 8.78 Å². The molecule has 4 heterocycles. The van der Waals surface area contributed by atoms with Crippen molar-refractivity contribution >= 4 is 39.3 Å². The minimum Gasteiger partial charge on any atom is -0.337 e. The Bertz CT molecular complexity index is 1820. The van der Waals surface area contributed by atoms with Gasteiger partial charge in [-0.05, 0) is 75.3 Å². The second-order valence-electron chi connectivity index (χ2n) is 12.4. The summed E-state index contributed by atoms with van der Waals surface area (Å²) in [5.41, 5.74) is 3.89. The van der Waals surface area contributed by atoms with Crippen molar-refractivity contribution in [3.63, 3.8) is 0 Å². The summed E-state index contributed by atoms with van der Waals surface area (Å²) < 4.78 is 33.7. The molecule has 6 nitrogen and oxygen atoms in total. The van der Waals surface area contributed by atoms with Crippen LogP contribution in [0.2, 0.25) is 5.02 Å². The maximum Gasteiger partial charge on any atom is 0.226 e. The van der Waals surface area contributed by atoms with Crippen molar-refractivity contribution < 1.29 is 13.6 Å². The second-order valence-corrected chi connectivity index (χ2v) is 12.8. The standard InChI is InChI=1S/C34H34ClF2N5O/c1-18-16-39-17-28(18)42-27(26-9-5-13-41(26)34(43)20-10-11-20)15-23-19(2)40-32-24(33(23)42)14-21(6-4-12-38)29(31(32)37)22-7-3-8-25(36)30(22)35/h3,7-8,14-15,18,20,26,28,39H,4-6,9-11,13,16-17H2,1-2H3/t18-,26-,28-/m1/s1. The zero-order valence-electron chi connectivity index (χ0n) is 24.4. The SMILES string of the molecule is Cc1nc2c(F)c(-c3cccc(F)c3Cl)c(CCC#N)cc2c2c1cc([C@H]1CCCN1C(=O)C1CC1)n2[C@@H]1CNC[C@H]1C. The third-order valence-corrected chi connectivity index (χ3v) is 10.0. The van der Waals surface area contributed by atoms with Crippen LogP contribution in [-0.2, 0) is 11.2 Å². The van der Waals surface area contributed by atoms with Crippen LogP contribution >= 0.6 is 11.6 Å². The van der Waals surface area contributed by atoms with Crippen LogP contribution in [0.25, 0.3) is 32.9 Å². The zero-order valence-corrected chi connectivity index (χ0v) is 25.1. The first-order valence-corrected chi connectivity index (χ1v) is 15.7. The molecule has 0 radical (unpaired) electrons. The number of nitriles is 1. The van der Waals surface area contributed by atoms with Crippen LogP contribution in [0.1, 0.15) is 68.1 Å². The third-order valence-electron chi connectivity index (χ3n) is 9.65. The lowest BCUT2D eigenvalue weighted by Gasteiger charge is -2.29. The first kappa shape index (κ1) is 28.2. The highest BCUT2D eigenvalue weighted by atomic mass is 35.5. The Kier molecular flexibility index (Phi) is 7.14. The van der Waals surface area contributed by atoms with Crippen molar-refractivity contribution in [2.75, 3.05) is 19.6 Å². The molecule has 2 aliphatic heterocycles. The van der Waals surface area contributed by atoms with Gasteiger partial charge in [0.1, 0.15) is 11.3 Å². The van der Waals surface area contributed by atoms with E-state index in [0.29, 0.717) is 22.6 Å². The molecule has 1 amide bonds. The van der Waals surface area contributed by atoms with Gasteiger partial charge >= 0.3 is 0 Å². The van der Waals surface area contributed by atoms with E-state index in [9.17, 15) is 14.4 Å². The summed E-state index contributed by atoms with van der Waals surface area (Å²) >= 11 is 6.38. The highest BCUT2D eigenvalue weighted by Gasteiger charge is 2.41. The molecule has 222 valence electrons. The molecule has 1 N–H and O–H groups in total. The minimum absolute atomic E-state index is 0.0453. The van der Waals surface area contributed by atoms with Gasteiger partial charge in [0.05, 0.1) is 28.7 Å². The molecule has 1 aliphatic carbocycles. The van der Waals surface area contributed by atoms with E-state index in [1.807, 2.05) is 13.0 Å². The van der Waals surface area contributed by atoms with Gasteiger partial charge in [0.25, 0.3) is 0 Å². The quantitative estimate of drug-likeness (QED) is 0.250. The summed E-state index contributed by atoms with van der Waals surface area (Å²) in [6, 6.07) is 10.7. The molecule has 7 rings (SSSR count). The van der Waals surface area contributed by atoms with E-state index in [2.05, 4.69) is 33.8 Å². The van der Waals surface area contributed by atoms with E-state index < -0.39 is 11.6 Å². The Hall–Kier alpha value is -3.54. The van der Waals surface area contributed by atoms with Crippen molar-refractivity contribution in [1.82, 2.24) is 19.8 Å². The van der Waals surface area contributed by atoms with Crippen molar-refractivity contribution in [3.05, 3.63) is 63.9 Å². The van der Waals surface area contributed by atoms with Crippen LogP contribution in [0, 0.1) is 41.7 Å². The lowest BCUT2D eigenvalue weighted by molar-refractivity contribution is -0.133. The number of hydrogen-bond donors (Lipinski definition) is 1. The monoisotopic (exact) mass is 601 g/mol. The number of benzene rings is 2. The van der Waals surface area contributed by atoms with E-state index in [1.165, 1.54) is 12.1 Å². The minimum atomic E-state index is -0.632. The van der Waals surface area contributed by atoms with Gasteiger partial charge in [0.2, 0.25) is 5.91 Å². The number of nitrogens with zero attached hydrogens (tertiary/aromatic N) is 4. The molecule has 0 unspecified atom stereocenters. The fourth-order valence-electron chi connectivity index (χ4n) is 7.34. The zero-order chi connectivity index (χ0) is 30.0. The van der Waals surface area contributed by atoms with Gasteiger partial charge in [0, 0.05) is 58.7 Å². The molecule has 2 saturated heterocycles. The van der Waals surface area contributed by atoms with Gasteiger partial charge in [-0.3, -0.25) is 4.79 Å². The van der Waals surface area contributed by atoms with E-state index >= 15 is 4.39 Å². The highest BCUT2D eigenvalue weighted by molar-refractivity contribution is 6.33. The lowest BCUT2D eigenvalue weighted by Crippen LogP contribution is -2.33. The number of amides is 1. The largest absolute Gasteiger partial charge is 0.337 e. The normalized spacial score (nSPS) is 22.1. The van der Waals surface area contributed by atoms with Gasteiger partial charge in [-0.1, -0.05) is 30.7 Å². The van der Waals surface area contributed by atoms with Gasteiger partial charge < -0.3 is 14.8 Å².